The molecule has 3 heterocycles. The second-order valence-corrected chi connectivity index (χ2v) is 22.1. The van der Waals surface area contributed by atoms with Crippen LogP contribution < -0.4 is 26.6 Å². The fraction of sp³-hybridized carbons (Fsp3) is 0.625. The molecule has 0 bridgehead atoms. The first-order chi connectivity index (χ1) is 38.0. The van der Waals surface area contributed by atoms with Gasteiger partial charge in [-0.25, -0.2) is 9.78 Å². The second-order valence-electron chi connectivity index (χ2n) is 21.1. The number of aromatic nitrogens is 1. The van der Waals surface area contributed by atoms with Crippen molar-refractivity contribution in [3.05, 3.63) is 58.6 Å². The lowest BCUT2D eigenvalue weighted by Gasteiger charge is -2.39. The molecular formula is C56H84N10O13S. The first-order valence-electron chi connectivity index (χ1n) is 27.5. The third-order valence-corrected chi connectivity index (χ3v) is 15.5. The van der Waals surface area contributed by atoms with Gasteiger partial charge in [0.05, 0.1) is 56.3 Å². The van der Waals surface area contributed by atoms with Crippen molar-refractivity contribution in [2.24, 2.45) is 23.7 Å². The zero-order chi connectivity index (χ0) is 59.2. The van der Waals surface area contributed by atoms with E-state index in [0.717, 1.165) is 16.3 Å². The van der Waals surface area contributed by atoms with Gasteiger partial charge in [-0.2, -0.15) is 0 Å². The topological polar surface area (TPSA) is 284 Å². The largest absolute Gasteiger partial charge is 0.445 e. The van der Waals surface area contributed by atoms with Crippen LogP contribution in [0.3, 0.4) is 0 Å². The number of rotatable bonds is 32. The zero-order valence-electron chi connectivity index (χ0n) is 48.2. The van der Waals surface area contributed by atoms with Crippen LogP contribution in [0.25, 0.3) is 0 Å². The fourth-order valence-corrected chi connectivity index (χ4v) is 10.6. The van der Waals surface area contributed by atoms with Crippen LogP contribution in [0.2, 0.25) is 0 Å². The van der Waals surface area contributed by atoms with Crippen molar-refractivity contribution < 1.29 is 62.2 Å². The molecule has 23 nitrogen and oxygen atoms in total. The van der Waals surface area contributed by atoms with Crippen molar-refractivity contribution in [3.8, 4) is 0 Å². The Kier molecular flexibility index (Phi) is 26.7. The predicted octanol–water partition coefficient (Wildman–Crippen LogP) is 3.77. The highest BCUT2D eigenvalue weighted by molar-refractivity contribution is 7.09. The summed E-state index contributed by atoms with van der Waals surface area (Å²) in [7, 11) is 6.09. The third kappa shape index (κ3) is 19.2. The number of hydrogen-bond acceptors (Lipinski definition) is 15. The lowest BCUT2D eigenvalue weighted by molar-refractivity contribution is -0.146. The summed E-state index contributed by atoms with van der Waals surface area (Å²) in [5.41, 5.74) is 0.980. The Morgan fingerprint density at radius 2 is 1.48 bits per heavy atom. The summed E-state index contributed by atoms with van der Waals surface area (Å²) in [6.45, 7) is 12.9. The number of nitrogens with one attached hydrogen (secondary N) is 5. The number of anilines is 1. The van der Waals surface area contributed by atoms with E-state index in [1.54, 1.807) is 84.1 Å². The SMILES string of the molecule is CCC(C)C(C(CC(=O)N1CCCC1C(OC)C(C)C(=O)NCc1nccs1)OC)N(C)C(=O)CNC(=O)C(C(C)C)N(C)C(=O)OCc1ccc(NC(=O)CNC(=O)C(NC(=O)CCCCCN2C(=O)C=CC2=O)C(C)C)cc1. The molecule has 1 saturated heterocycles. The molecule has 10 amide bonds. The van der Waals surface area contributed by atoms with E-state index in [1.807, 2.05) is 19.2 Å². The molecule has 2 aliphatic rings. The second kappa shape index (κ2) is 32.5. The maximum atomic E-state index is 14.2. The van der Waals surface area contributed by atoms with Gasteiger partial charge in [0.25, 0.3) is 11.8 Å². The third-order valence-electron chi connectivity index (χ3n) is 14.7. The van der Waals surface area contributed by atoms with E-state index < -0.39 is 72.5 Å². The molecule has 2 aliphatic heterocycles. The number of hydrogen-bond donors (Lipinski definition) is 5. The molecule has 0 saturated carbocycles. The lowest BCUT2D eigenvalue weighted by Crippen LogP contribution is -2.55. The summed E-state index contributed by atoms with van der Waals surface area (Å²) in [6.07, 6.45) is 5.84. The average molecular weight is 1140 g/mol. The number of benzene rings is 1. The zero-order valence-corrected chi connectivity index (χ0v) is 49.1. The highest BCUT2D eigenvalue weighted by Crippen LogP contribution is 2.29. The van der Waals surface area contributed by atoms with Crippen molar-refractivity contribution in [2.45, 2.75) is 149 Å². The monoisotopic (exact) mass is 1140 g/mol. The van der Waals surface area contributed by atoms with Crippen LogP contribution in [0, 0.1) is 23.7 Å². The van der Waals surface area contributed by atoms with E-state index in [2.05, 4.69) is 31.6 Å². The molecule has 5 N–H and O–H groups in total. The lowest BCUT2D eigenvalue weighted by atomic mass is 9.90. The van der Waals surface area contributed by atoms with Crippen molar-refractivity contribution in [1.82, 2.24) is 45.9 Å². The van der Waals surface area contributed by atoms with Gasteiger partial charge in [0.2, 0.25) is 41.4 Å². The molecule has 1 aromatic heterocycles. The number of methoxy groups -OCH3 is 2. The van der Waals surface area contributed by atoms with Crippen molar-refractivity contribution in [2.75, 3.05) is 59.8 Å². The number of ether oxygens (including phenoxy) is 3. The quantitative estimate of drug-likeness (QED) is 0.0515. The normalized spacial score (nSPS) is 16.8. The van der Waals surface area contributed by atoms with Crippen molar-refractivity contribution >= 4 is 76.3 Å². The summed E-state index contributed by atoms with van der Waals surface area (Å²) < 4.78 is 17.4. The van der Waals surface area contributed by atoms with Gasteiger partial charge in [-0.1, -0.05) is 73.4 Å². The van der Waals surface area contributed by atoms with Crippen LogP contribution in [-0.2, 0) is 70.5 Å². The Morgan fingerprint density at radius 3 is 2.08 bits per heavy atom. The molecule has 8 atom stereocenters. The van der Waals surface area contributed by atoms with Crippen molar-refractivity contribution in [1.29, 1.82) is 0 Å². The summed E-state index contributed by atoms with van der Waals surface area (Å²) >= 11 is 1.44. The molecule has 80 heavy (non-hydrogen) atoms. The highest BCUT2D eigenvalue weighted by atomic mass is 32.1. The molecule has 4 rings (SSSR count). The van der Waals surface area contributed by atoms with Crippen LogP contribution in [-0.4, -0.2) is 175 Å². The van der Waals surface area contributed by atoms with Crippen LogP contribution >= 0.6 is 11.3 Å². The van der Waals surface area contributed by atoms with E-state index in [9.17, 15) is 47.9 Å². The Hall–Kier alpha value is -6.79. The van der Waals surface area contributed by atoms with Gasteiger partial charge in [0, 0.05) is 77.2 Å². The molecule has 0 aliphatic carbocycles. The predicted molar refractivity (Wildman–Crippen MR) is 299 cm³/mol. The number of imide groups is 1. The van der Waals surface area contributed by atoms with Gasteiger partial charge in [0.15, 0.2) is 0 Å². The maximum Gasteiger partial charge on any atom is 0.410 e. The van der Waals surface area contributed by atoms with E-state index in [1.165, 1.54) is 47.4 Å². The van der Waals surface area contributed by atoms with Crippen LogP contribution in [0.15, 0.2) is 48.0 Å². The number of likely N-dealkylation sites (N-methyl/N-ethyl adjacent to an activating group) is 2. The minimum absolute atomic E-state index is 0.0399. The molecule has 8 unspecified atom stereocenters. The van der Waals surface area contributed by atoms with Gasteiger partial charge in [-0.3, -0.25) is 53.0 Å². The summed E-state index contributed by atoms with van der Waals surface area (Å²) in [5.74, 6) is -4.83. The van der Waals surface area contributed by atoms with Crippen LogP contribution in [0.4, 0.5) is 10.5 Å². The number of unbranched alkanes of at least 4 members (excludes halogenated alkanes) is 2. The Balaban J connectivity index is 1.23. The van der Waals surface area contributed by atoms with E-state index >= 15 is 0 Å². The molecule has 24 heteroatoms. The molecule has 1 aromatic carbocycles. The minimum Gasteiger partial charge on any atom is -0.445 e. The first kappa shape index (κ1) is 65.7. The first-order valence-corrected chi connectivity index (χ1v) is 28.3. The number of carbonyl (C=O) groups excluding carboxylic acids is 10. The number of thiazole rings is 1. The summed E-state index contributed by atoms with van der Waals surface area (Å²) in [4.78, 5) is 140. The van der Waals surface area contributed by atoms with Gasteiger partial charge < -0.3 is 50.6 Å². The number of nitrogens with zero attached hydrogens (tertiary/aromatic N) is 5. The molecule has 1 fully saturated rings. The van der Waals surface area contributed by atoms with Gasteiger partial charge in [0.1, 0.15) is 23.7 Å². The van der Waals surface area contributed by atoms with E-state index in [4.69, 9.17) is 14.2 Å². The molecule has 0 spiro atoms. The van der Waals surface area contributed by atoms with Gasteiger partial charge in [-0.05, 0) is 61.1 Å². The fourth-order valence-electron chi connectivity index (χ4n) is 10.00. The van der Waals surface area contributed by atoms with Gasteiger partial charge >= 0.3 is 6.09 Å². The Morgan fingerprint density at radius 1 is 0.800 bits per heavy atom. The molecule has 2 aromatic rings. The highest BCUT2D eigenvalue weighted by Gasteiger charge is 2.42. The maximum absolute atomic E-state index is 14.2. The Labute approximate surface area is 474 Å². The summed E-state index contributed by atoms with van der Waals surface area (Å²) in [6, 6.07) is 3.65. The number of carbonyl (C=O) groups is 10. The standard InChI is InChI=1S/C56H84N10O13S/c1-12-36(6)51(41(77-10)29-47(71)65-27-16-17-40(65)52(78-11)37(7)53(73)59-31-44-57-25-28-80-44)63(8)48(72)32-60-55(75)50(35(4)5)64(9)56(76)79-33-38-19-21-39(22-20-38)61-43(68)30-58-54(74)49(34(2)3)62-42(67)18-14-13-15-26-66-45(69)23-24-46(66)70/h19-25,28,34-37,40-41,49-52H,12-18,26-27,29-33H2,1-11H3,(H,58,74)(H,59,73)(H,60,75)(H,61,68)(H,62,67). The number of likely N-dealkylation sites (tertiary alicyclic amines) is 1. The number of amides is 10. The van der Waals surface area contributed by atoms with Crippen molar-refractivity contribution in [3.63, 3.8) is 0 Å². The van der Waals surface area contributed by atoms with Gasteiger partial charge in [-0.15, -0.1) is 11.3 Å². The van der Waals surface area contributed by atoms with Crippen LogP contribution in [0.1, 0.15) is 110 Å². The molecule has 0 radical (unpaired) electrons. The van der Waals surface area contributed by atoms with E-state index in [0.29, 0.717) is 56.4 Å². The minimum atomic E-state index is -1.01. The van der Waals surface area contributed by atoms with Crippen LogP contribution in [0.5, 0.6) is 0 Å². The molecular weight excluding hydrogens is 1050 g/mol. The smallest absolute Gasteiger partial charge is 0.410 e. The van der Waals surface area contributed by atoms with E-state index in [-0.39, 0.29) is 85.9 Å². The summed E-state index contributed by atoms with van der Waals surface area (Å²) in [5, 5.41) is 16.2. The Bertz CT molecular complexity index is 2440. The average Bonchev–Trinajstić information content (AvgIpc) is 4.22. The molecule has 442 valence electrons.